The number of hydrogen-bond donors (Lipinski definition) is 0. The third kappa shape index (κ3) is 4.88. The smallest absolute Gasteiger partial charge is 0.283 e. The molecule has 0 unspecified atom stereocenters. The monoisotopic (exact) mass is 456 g/mol. The van der Waals surface area contributed by atoms with Gasteiger partial charge in [-0.15, -0.1) is 0 Å². The number of thioether (sulfide) groups is 1. The van der Waals surface area contributed by atoms with Gasteiger partial charge < -0.3 is 4.90 Å². The highest BCUT2D eigenvalue weighted by Crippen LogP contribution is 2.39. The molecule has 3 aromatic carbocycles. The van der Waals surface area contributed by atoms with Gasteiger partial charge in [-0.3, -0.25) is 9.59 Å². The number of imide groups is 1. The van der Waals surface area contributed by atoms with Crippen LogP contribution in [0.5, 0.6) is 0 Å². The fourth-order valence-corrected chi connectivity index (χ4v) is 4.83. The summed E-state index contributed by atoms with van der Waals surface area (Å²) < 4.78 is 0. The van der Waals surface area contributed by atoms with Crippen LogP contribution in [0.2, 0.25) is 0 Å². The second-order valence-corrected chi connectivity index (χ2v) is 9.29. The third-order valence-electron chi connectivity index (χ3n) is 5.75. The van der Waals surface area contributed by atoms with E-state index >= 15 is 0 Å². The molecule has 4 rings (SSSR count). The summed E-state index contributed by atoms with van der Waals surface area (Å²) in [6.07, 6.45) is 3.24. The quantitative estimate of drug-likeness (QED) is 0.370. The van der Waals surface area contributed by atoms with E-state index in [9.17, 15) is 9.59 Å². The van der Waals surface area contributed by atoms with Gasteiger partial charge in [0.25, 0.3) is 11.8 Å². The van der Waals surface area contributed by atoms with Crippen LogP contribution < -0.4 is 9.80 Å². The van der Waals surface area contributed by atoms with Crippen molar-refractivity contribution in [1.29, 1.82) is 0 Å². The topological polar surface area (TPSA) is 40.6 Å². The molecule has 33 heavy (non-hydrogen) atoms. The van der Waals surface area contributed by atoms with E-state index < -0.39 is 0 Å². The number of unbranched alkanes of at least 4 members (excludes halogenated alkanes) is 1. The van der Waals surface area contributed by atoms with Gasteiger partial charge >= 0.3 is 0 Å². The Balaban J connectivity index is 1.71. The van der Waals surface area contributed by atoms with Gasteiger partial charge in [0, 0.05) is 17.6 Å². The summed E-state index contributed by atoms with van der Waals surface area (Å²) in [5.74, 6) is -0.591. The number of hydrogen-bond acceptors (Lipinski definition) is 4. The average Bonchev–Trinajstić information content (AvgIpc) is 3.08. The predicted octanol–water partition coefficient (Wildman–Crippen LogP) is 6.35. The lowest BCUT2D eigenvalue weighted by Gasteiger charge is -2.21. The van der Waals surface area contributed by atoms with Crippen molar-refractivity contribution in [3.8, 4) is 0 Å². The number of carbonyl (C=O) groups excluding carboxylic acids is 2. The average molecular weight is 457 g/mol. The number of amides is 2. The molecule has 0 aliphatic carbocycles. The molecule has 0 N–H and O–H groups in total. The molecule has 0 fully saturated rings. The van der Waals surface area contributed by atoms with Gasteiger partial charge in [-0.1, -0.05) is 73.1 Å². The van der Waals surface area contributed by atoms with E-state index in [0.717, 1.165) is 35.4 Å². The zero-order valence-electron chi connectivity index (χ0n) is 19.2. The first kappa shape index (κ1) is 22.9. The van der Waals surface area contributed by atoms with Gasteiger partial charge in [-0.2, -0.15) is 0 Å². The van der Waals surface area contributed by atoms with Crippen LogP contribution in [0.3, 0.4) is 0 Å². The Bertz CT molecular complexity index is 1170. The van der Waals surface area contributed by atoms with E-state index in [0.29, 0.717) is 16.3 Å². The Morgan fingerprint density at radius 2 is 1.52 bits per heavy atom. The Labute approximate surface area is 199 Å². The van der Waals surface area contributed by atoms with Crippen molar-refractivity contribution in [2.75, 3.05) is 16.8 Å². The summed E-state index contributed by atoms with van der Waals surface area (Å²) in [4.78, 5) is 31.7. The second kappa shape index (κ2) is 10.1. The normalized spacial score (nSPS) is 13.7. The molecule has 0 spiro atoms. The fraction of sp³-hybridized carbons (Fsp3) is 0.214. The maximum Gasteiger partial charge on any atom is 0.283 e. The molecule has 0 saturated heterocycles. The van der Waals surface area contributed by atoms with Gasteiger partial charge in [0.2, 0.25) is 0 Å². The fourth-order valence-electron chi connectivity index (χ4n) is 3.82. The predicted molar refractivity (Wildman–Crippen MR) is 136 cm³/mol. The van der Waals surface area contributed by atoms with Crippen molar-refractivity contribution < 1.29 is 9.59 Å². The molecule has 0 bridgehead atoms. The summed E-state index contributed by atoms with van der Waals surface area (Å²) in [7, 11) is 1.84. The molecule has 168 valence electrons. The first-order chi connectivity index (χ1) is 16.0. The first-order valence-corrected chi connectivity index (χ1v) is 12.1. The molecule has 2 amide bonds. The van der Waals surface area contributed by atoms with Crippen molar-refractivity contribution >= 4 is 35.0 Å². The minimum absolute atomic E-state index is 0.287. The van der Waals surface area contributed by atoms with E-state index in [4.69, 9.17) is 0 Å². The van der Waals surface area contributed by atoms with Crippen molar-refractivity contribution in [2.24, 2.45) is 0 Å². The molecule has 3 aromatic rings. The van der Waals surface area contributed by atoms with Crippen LogP contribution in [0.25, 0.3) is 0 Å². The van der Waals surface area contributed by atoms with Gasteiger partial charge in [0.15, 0.2) is 0 Å². The first-order valence-electron chi connectivity index (χ1n) is 11.2. The zero-order chi connectivity index (χ0) is 23.4. The number of anilines is 2. The van der Waals surface area contributed by atoms with Gasteiger partial charge in [0.05, 0.1) is 5.69 Å². The van der Waals surface area contributed by atoms with Crippen LogP contribution >= 0.6 is 11.8 Å². The maximum absolute atomic E-state index is 13.6. The molecule has 0 radical (unpaired) electrons. The van der Waals surface area contributed by atoms with Gasteiger partial charge in [0.1, 0.15) is 10.6 Å². The largest absolute Gasteiger partial charge is 0.339 e. The minimum Gasteiger partial charge on any atom is -0.339 e. The summed E-state index contributed by atoms with van der Waals surface area (Å²) in [5, 5.41) is 0. The summed E-state index contributed by atoms with van der Waals surface area (Å²) in [6.45, 7) is 4.19. The Morgan fingerprint density at radius 3 is 2.15 bits per heavy atom. The van der Waals surface area contributed by atoms with Crippen LogP contribution in [-0.4, -0.2) is 18.9 Å². The lowest BCUT2D eigenvalue weighted by atomic mass is 10.1. The molecule has 1 aliphatic heterocycles. The Morgan fingerprint density at radius 1 is 0.848 bits per heavy atom. The molecule has 1 heterocycles. The highest BCUT2D eigenvalue weighted by molar-refractivity contribution is 8.04. The lowest BCUT2D eigenvalue weighted by molar-refractivity contribution is -0.120. The number of benzene rings is 3. The summed E-state index contributed by atoms with van der Waals surface area (Å²) in [5.41, 5.74) is 4.21. The number of rotatable bonds is 8. The molecule has 5 heteroatoms. The second-order valence-electron chi connectivity index (χ2n) is 8.20. The molecular weight excluding hydrogens is 428 g/mol. The van der Waals surface area contributed by atoms with E-state index in [1.807, 2.05) is 97.7 Å². The van der Waals surface area contributed by atoms with Crippen LogP contribution in [0, 0.1) is 6.92 Å². The van der Waals surface area contributed by atoms with Crippen LogP contribution in [0.15, 0.2) is 94.4 Å². The Hall–Kier alpha value is -3.31. The standard InChI is InChI=1S/C28H28N2O2S/c1-4-5-9-21-14-16-23(17-15-21)30-27(31)25(29(3)22-10-7-6-8-11-22)26(28(30)32)33-24-18-12-20(2)13-19-24/h6-8,10-19H,4-5,9H2,1-3H3. The number of aryl methyl sites for hydroxylation is 2. The van der Waals surface area contributed by atoms with Crippen molar-refractivity contribution in [3.05, 3.63) is 101 Å². The molecule has 0 atom stereocenters. The molecular formula is C28H28N2O2S. The SMILES string of the molecule is CCCCc1ccc(N2C(=O)C(Sc3ccc(C)cc3)=C(N(C)c3ccccc3)C2=O)cc1. The molecule has 0 aromatic heterocycles. The van der Waals surface area contributed by atoms with Crippen LogP contribution in [-0.2, 0) is 16.0 Å². The van der Waals surface area contributed by atoms with Gasteiger partial charge in [-0.05, 0) is 61.7 Å². The van der Waals surface area contributed by atoms with Crippen molar-refractivity contribution in [2.45, 2.75) is 38.0 Å². The third-order valence-corrected chi connectivity index (χ3v) is 6.83. The highest BCUT2D eigenvalue weighted by Gasteiger charge is 2.42. The zero-order valence-corrected chi connectivity index (χ0v) is 20.1. The van der Waals surface area contributed by atoms with Gasteiger partial charge in [-0.25, -0.2) is 4.90 Å². The van der Waals surface area contributed by atoms with Crippen molar-refractivity contribution in [1.82, 2.24) is 0 Å². The minimum atomic E-state index is -0.303. The number of para-hydroxylation sites is 1. The maximum atomic E-state index is 13.6. The number of nitrogens with zero attached hydrogens (tertiary/aromatic N) is 2. The Kier molecular flexibility index (Phi) is 6.99. The highest BCUT2D eigenvalue weighted by atomic mass is 32.2. The molecule has 1 aliphatic rings. The van der Waals surface area contributed by atoms with Crippen LogP contribution in [0.1, 0.15) is 30.9 Å². The lowest BCUT2D eigenvalue weighted by Crippen LogP contribution is -2.34. The molecule has 4 nitrogen and oxygen atoms in total. The summed E-state index contributed by atoms with van der Waals surface area (Å²) >= 11 is 1.34. The van der Waals surface area contributed by atoms with E-state index in [2.05, 4.69) is 6.92 Å². The van der Waals surface area contributed by atoms with Crippen molar-refractivity contribution in [3.63, 3.8) is 0 Å². The molecule has 0 saturated carbocycles. The van der Waals surface area contributed by atoms with Crippen LogP contribution in [0.4, 0.5) is 11.4 Å². The summed E-state index contributed by atoms with van der Waals surface area (Å²) in [6, 6.07) is 25.4. The number of likely N-dealkylation sites (N-methyl/N-ethyl adjacent to an activating group) is 1. The van der Waals surface area contributed by atoms with E-state index in [1.54, 1.807) is 0 Å². The van der Waals surface area contributed by atoms with E-state index in [1.165, 1.54) is 22.2 Å². The number of carbonyl (C=O) groups is 2. The van der Waals surface area contributed by atoms with E-state index in [-0.39, 0.29) is 11.8 Å².